The monoisotopic (exact) mass is 349 g/mol. The van der Waals surface area contributed by atoms with Gasteiger partial charge in [0.05, 0.1) is 17.4 Å². The molecule has 3 rings (SSSR count). The van der Waals surface area contributed by atoms with E-state index in [0.717, 1.165) is 22.7 Å². The van der Waals surface area contributed by atoms with Crippen molar-refractivity contribution in [2.75, 3.05) is 11.9 Å². The van der Waals surface area contributed by atoms with E-state index in [1.165, 1.54) is 0 Å². The van der Waals surface area contributed by atoms with Crippen LogP contribution in [0.15, 0.2) is 42.7 Å². The van der Waals surface area contributed by atoms with Gasteiger partial charge >= 0.3 is 12.1 Å². The SMILES string of the molecule is O=C(O)c1cc(C(F)(F)F)ncc1NCCc1c[nH]c2ccccc12. The summed E-state index contributed by atoms with van der Waals surface area (Å²) in [5.41, 5.74) is 0.383. The van der Waals surface area contributed by atoms with Crippen LogP contribution in [0.2, 0.25) is 0 Å². The smallest absolute Gasteiger partial charge is 0.433 e. The Hall–Kier alpha value is -3.03. The van der Waals surface area contributed by atoms with Crippen LogP contribution in [0.4, 0.5) is 18.9 Å². The number of aromatic amines is 1. The van der Waals surface area contributed by atoms with E-state index in [9.17, 15) is 18.0 Å². The van der Waals surface area contributed by atoms with Gasteiger partial charge in [-0.05, 0) is 24.1 Å². The summed E-state index contributed by atoms with van der Waals surface area (Å²) in [7, 11) is 0. The van der Waals surface area contributed by atoms with Gasteiger partial charge in [0.2, 0.25) is 0 Å². The van der Waals surface area contributed by atoms with E-state index < -0.39 is 23.4 Å². The van der Waals surface area contributed by atoms with E-state index in [1.54, 1.807) is 0 Å². The number of aromatic carboxylic acids is 1. The Morgan fingerprint density at radius 2 is 2.04 bits per heavy atom. The van der Waals surface area contributed by atoms with Gasteiger partial charge in [-0.2, -0.15) is 13.2 Å². The van der Waals surface area contributed by atoms with Crippen molar-refractivity contribution < 1.29 is 23.1 Å². The zero-order chi connectivity index (χ0) is 18.0. The molecule has 0 fully saturated rings. The molecule has 0 atom stereocenters. The van der Waals surface area contributed by atoms with Crippen molar-refractivity contribution in [1.82, 2.24) is 9.97 Å². The first-order valence-corrected chi connectivity index (χ1v) is 7.45. The molecular formula is C17H14F3N3O2. The van der Waals surface area contributed by atoms with Crippen LogP contribution >= 0.6 is 0 Å². The van der Waals surface area contributed by atoms with Crippen molar-refractivity contribution in [3.05, 3.63) is 59.5 Å². The standard InChI is InChI=1S/C17H14F3N3O2/c18-17(19,20)15-7-12(16(24)25)14(9-23-15)21-6-5-10-8-22-13-4-2-1-3-11(10)13/h1-4,7-9,21-22H,5-6H2,(H,24,25). The van der Waals surface area contributed by atoms with Gasteiger partial charge in [-0.25, -0.2) is 9.78 Å². The van der Waals surface area contributed by atoms with Crippen molar-refractivity contribution in [2.24, 2.45) is 0 Å². The number of rotatable bonds is 5. The first-order valence-electron chi connectivity index (χ1n) is 7.45. The summed E-state index contributed by atoms with van der Waals surface area (Å²) in [4.78, 5) is 17.7. The number of para-hydroxylation sites is 1. The average Bonchev–Trinajstić information content (AvgIpc) is 2.97. The van der Waals surface area contributed by atoms with Crippen LogP contribution in [-0.4, -0.2) is 27.6 Å². The Kier molecular flexibility index (Phi) is 4.35. The van der Waals surface area contributed by atoms with E-state index >= 15 is 0 Å². The number of alkyl halides is 3. The van der Waals surface area contributed by atoms with Crippen LogP contribution in [0, 0.1) is 0 Å². The zero-order valence-electron chi connectivity index (χ0n) is 12.9. The van der Waals surface area contributed by atoms with Crippen molar-refractivity contribution in [3.8, 4) is 0 Å². The summed E-state index contributed by atoms with van der Waals surface area (Å²) in [6.45, 7) is 0.356. The molecule has 5 nitrogen and oxygen atoms in total. The normalized spacial score (nSPS) is 11.6. The maximum atomic E-state index is 12.7. The van der Waals surface area contributed by atoms with Crippen molar-refractivity contribution >= 4 is 22.6 Å². The van der Waals surface area contributed by atoms with Gasteiger partial charge in [0, 0.05) is 23.6 Å². The van der Waals surface area contributed by atoms with Gasteiger partial charge in [-0.1, -0.05) is 18.2 Å². The number of carbonyl (C=O) groups is 1. The lowest BCUT2D eigenvalue weighted by Gasteiger charge is -2.12. The van der Waals surface area contributed by atoms with Gasteiger partial charge in [-0.15, -0.1) is 0 Å². The lowest BCUT2D eigenvalue weighted by molar-refractivity contribution is -0.141. The number of anilines is 1. The molecule has 3 N–H and O–H groups in total. The van der Waals surface area contributed by atoms with Crippen molar-refractivity contribution in [1.29, 1.82) is 0 Å². The fraction of sp³-hybridized carbons (Fsp3) is 0.176. The molecule has 0 aliphatic carbocycles. The first-order chi connectivity index (χ1) is 11.9. The summed E-state index contributed by atoms with van der Waals surface area (Å²) in [6, 6.07) is 8.26. The lowest BCUT2D eigenvalue weighted by atomic mass is 10.1. The summed E-state index contributed by atoms with van der Waals surface area (Å²) >= 11 is 0. The highest BCUT2D eigenvalue weighted by Gasteiger charge is 2.33. The molecule has 8 heteroatoms. The second-order valence-corrected chi connectivity index (χ2v) is 5.45. The van der Waals surface area contributed by atoms with Crippen molar-refractivity contribution in [3.63, 3.8) is 0 Å². The molecule has 3 aromatic rings. The fourth-order valence-electron chi connectivity index (χ4n) is 2.60. The third-order valence-electron chi connectivity index (χ3n) is 3.81. The number of aromatic nitrogens is 2. The molecule has 130 valence electrons. The van der Waals surface area contributed by atoms with Crippen molar-refractivity contribution in [2.45, 2.75) is 12.6 Å². The summed E-state index contributed by atoms with van der Waals surface area (Å²) in [5, 5.41) is 13.0. The number of hydrogen-bond donors (Lipinski definition) is 3. The van der Waals surface area contributed by atoms with Gasteiger partial charge in [0.25, 0.3) is 0 Å². The molecule has 0 radical (unpaired) electrons. The zero-order valence-corrected chi connectivity index (χ0v) is 12.9. The largest absolute Gasteiger partial charge is 0.478 e. The predicted molar refractivity (Wildman–Crippen MR) is 86.7 cm³/mol. The van der Waals surface area contributed by atoms with Crippen LogP contribution in [0.5, 0.6) is 0 Å². The highest BCUT2D eigenvalue weighted by Crippen LogP contribution is 2.30. The molecule has 0 saturated heterocycles. The highest BCUT2D eigenvalue weighted by molar-refractivity contribution is 5.94. The number of hydrogen-bond acceptors (Lipinski definition) is 3. The minimum Gasteiger partial charge on any atom is -0.478 e. The van der Waals surface area contributed by atoms with Crippen LogP contribution in [0.1, 0.15) is 21.6 Å². The van der Waals surface area contributed by atoms with E-state index in [-0.39, 0.29) is 5.69 Å². The average molecular weight is 349 g/mol. The third kappa shape index (κ3) is 3.57. The number of carboxylic acids is 1. The maximum absolute atomic E-state index is 12.7. The number of benzene rings is 1. The molecule has 0 unspecified atom stereocenters. The van der Waals surface area contributed by atoms with Gasteiger partial charge in [0.15, 0.2) is 0 Å². The third-order valence-corrected chi connectivity index (χ3v) is 3.81. The van der Waals surface area contributed by atoms with Crippen LogP contribution in [0.25, 0.3) is 10.9 Å². The molecule has 2 aromatic heterocycles. The fourth-order valence-corrected chi connectivity index (χ4v) is 2.60. The van der Waals surface area contributed by atoms with E-state index in [1.807, 2.05) is 30.5 Å². The number of H-pyrrole nitrogens is 1. The number of fused-ring (bicyclic) bond motifs is 1. The summed E-state index contributed by atoms with van der Waals surface area (Å²) in [6.07, 6.45) is -1.35. The van der Waals surface area contributed by atoms with Gasteiger partial charge < -0.3 is 15.4 Å². The molecule has 0 amide bonds. The molecule has 0 bridgehead atoms. The number of nitrogens with zero attached hydrogens (tertiary/aromatic N) is 1. The molecule has 2 heterocycles. The van der Waals surface area contributed by atoms with Crippen LogP contribution in [-0.2, 0) is 12.6 Å². The number of halogens is 3. The quantitative estimate of drug-likeness (QED) is 0.652. The molecule has 25 heavy (non-hydrogen) atoms. The molecule has 0 aliphatic heterocycles. The van der Waals surface area contributed by atoms with Gasteiger partial charge in [-0.3, -0.25) is 0 Å². The molecular weight excluding hydrogens is 335 g/mol. The lowest BCUT2D eigenvalue weighted by Crippen LogP contribution is -2.14. The second-order valence-electron chi connectivity index (χ2n) is 5.45. The molecule has 0 spiro atoms. The van der Waals surface area contributed by atoms with Crippen LogP contribution in [0.3, 0.4) is 0 Å². The Balaban J connectivity index is 1.75. The van der Waals surface area contributed by atoms with Gasteiger partial charge in [0.1, 0.15) is 5.69 Å². The van der Waals surface area contributed by atoms with E-state index in [2.05, 4.69) is 15.3 Å². The van der Waals surface area contributed by atoms with E-state index in [0.29, 0.717) is 19.0 Å². The second kappa shape index (κ2) is 6.46. The van der Waals surface area contributed by atoms with Crippen LogP contribution < -0.4 is 5.32 Å². The number of nitrogens with one attached hydrogen (secondary N) is 2. The maximum Gasteiger partial charge on any atom is 0.433 e. The van der Waals surface area contributed by atoms with E-state index in [4.69, 9.17) is 5.11 Å². The Morgan fingerprint density at radius 1 is 1.28 bits per heavy atom. The molecule has 1 aromatic carbocycles. The minimum atomic E-state index is -4.69. The number of carboxylic acid groups (broad SMARTS) is 1. The molecule has 0 aliphatic rings. The Bertz CT molecular complexity index is 919. The predicted octanol–water partition coefficient (Wildman–Crippen LogP) is 3.93. The minimum absolute atomic E-state index is 0.0559. The Morgan fingerprint density at radius 3 is 2.76 bits per heavy atom. The first kappa shape index (κ1) is 16.8. The summed E-state index contributed by atoms with van der Waals surface area (Å²) < 4.78 is 38.0. The topological polar surface area (TPSA) is 78.0 Å². The highest BCUT2D eigenvalue weighted by atomic mass is 19.4. The number of pyridine rings is 1. The Labute approximate surface area is 140 Å². The summed E-state index contributed by atoms with van der Waals surface area (Å²) in [5.74, 6) is -1.44. The molecule has 0 saturated carbocycles.